The largest absolute Gasteiger partial charge is 0.422 e. The van der Waals surface area contributed by atoms with Crippen molar-refractivity contribution in [3.8, 4) is 0 Å². The molecule has 0 aromatic heterocycles. The van der Waals surface area contributed by atoms with Crippen LogP contribution in [0.3, 0.4) is 0 Å². The highest BCUT2D eigenvalue weighted by Crippen LogP contribution is 2.38. The van der Waals surface area contributed by atoms with Gasteiger partial charge in [0, 0.05) is 0 Å². The number of rotatable bonds is 9. The molecular weight excluding hydrogens is 353 g/mol. The summed E-state index contributed by atoms with van der Waals surface area (Å²) >= 11 is 0. The summed E-state index contributed by atoms with van der Waals surface area (Å²) in [5.41, 5.74) is 0. The van der Waals surface area contributed by atoms with Crippen LogP contribution in [0.25, 0.3) is 0 Å². The zero-order chi connectivity index (χ0) is 18.0. The molecule has 0 atom stereocenters. The molecule has 0 saturated heterocycles. The third-order valence-electron chi connectivity index (χ3n) is 1.85. The van der Waals surface area contributed by atoms with Gasteiger partial charge in [-0.25, -0.2) is 8.78 Å². The minimum atomic E-state index is -5.94. The lowest BCUT2D eigenvalue weighted by atomic mass is 10.3. The van der Waals surface area contributed by atoms with Crippen LogP contribution in [0.5, 0.6) is 0 Å². The first-order valence-corrected chi connectivity index (χ1v) is 4.82. The molecule has 0 N–H and O–H groups in total. The lowest BCUT2D eigenvalue weighted by molar-refractivity contribution is -0.389. The molecule has 0 radical (unpaired) electrons. The fourth-order valence-electron chi connectivity index (χ4n) is 0.677. The second kappa shape index (κ2) is 6.52. The van der Waals surface area contributed by atoms with Gasteiger partial charge in [0.25, 0.3) is 0 Å². The van der Waals surface area contributed by atoms with Crippen LogP contribution in [-0.2, 0) is 14.3 Å². The smallest absolute Gasteiger partial charge is 0.309 e. The highest BCUT2D eigenvalue weighted by Gasteiger charge is 2.61. The van der Waals surface area contributed by atoms with Gasteiger partial charge in [-0.05, 0) is 0 Å². The van der Waals surface area contributed by atoms with Crippen LogP contribution >= 0.6 is 0 Å². The van der Waals surface area contributed by atoms with Gasteiger partial charge in [0.2, 0.25) is 0 Å². The van der Waals surface area contributed by atoms with Crippen LogP contribution in [0, 0.1) is 0 Å². The molecule has 3 nitrogen and oxygen atoms in total. The van der Waals surface area contributed by atoms with Gasteiger partial charge in [0.05, 0.1) is 0 Å². The summed E-state index contributed by atoms with van der Waals surface area (Å²) in [5, 5.41) is 0. The van der Waals surface area contributed by atoms with E-state index in [4.69, 9.17) is 0 Å². The first-order valence-electron chi connectivity index (χ1n) is 4.82. The van der Waals surface area contributed by atoms with Crippen molar-refractivity contribution in [2.45, 2.75) is 30.5 Å². The zero-order valence-corrected chi connectivity index (χ0v) is 9.87. The van der Waals surface area contributed by atoms with E-state index in [0.717, 1.165) is 0 Å². The Morgan fingerprint density at radius 2 is 1.32 bits per heavy atom. The molecule has 0 aliphatic rings. The predicted molar refractivity (Wildman–Crippen MR) is 43.8 cm³/mol. The van der Waals surface area contributed by atoms with Crippen molar-refractivity contribution in [3.05, 3.63) is 0 Å². The lowest BCUT2D eigenvalue weighted by Gasteiger charge is -2.28. The van der Waals surface area contributed by atoms with Gasteiger partial charge in [-0.15, -0.1) is 0 Å². The standard InChI is InChI=1S/C8H5F11O3/c9-3(10)7(16,17)21-2-6(14,15)8(18,19)22-1-5(12,13)4(11)20/h3H,1-2H2. The number of alkyl halides is 10. The summed E-state index contributed by atoms with van der Waals surface area (Å²) < 4.78 is 140. The van der Waals surface area contributed by atoms with Crippen molar-refractivity contribution >= 4 is 6.04 Å². The Balaban J connectivity index is 4.84. The van der Waals surface area contributed by atoms with E-state index in [2.05, 4.69) is 9.47 Å². The molecule has 0 fully saturated rings. The normalized spacial score (nSPS) is 14.5. The Hall–Kier alpha value is -1.18. The van der Waals surface area contributed by atoms with E-state index in [9.17, 15) is 53.1 Å². The Morgan fingerprint density at radius 3 is 1.68 bits per heavy atom. The molecule has 0 unspecified atom stereocenters. The van der Waals surface area contributed by atoms with Crippen LogP contribution in [0.2, 0.25) is 0 Å². The number of halogens is 11. The van der Waals surface area contributed by atoms with Gasteiger partial charge in [-0.3, -0.25) is 4.79 Å². The maximum absolute atomic E-state index is 12.8. The van der Waals surface area contributed by atoms with Crippen LogP contribution in [-0.4, -0.2) is 49.7 Å². The maximum Gasteiger partial charge on any atom is 0.422 e. The number of carbonyl (C=O) groups excluding carboxylic acids is 1. The fourth-order valence-corrected chi connectivity index (χ4v) is 0.677. The minimum Gasteiger partial charge on any atom is -0.309 e. The highest BCUT2D eigenvalue weighted by molar-refractivity contribution is 5.76. The van der Waals surface area contributed by atoms with Crippen molar-refractivity contribution in [1.29, 1.82) is 0 Å². The Morgan fingerprint density at radius 1 is 0.864 bits per heavy atom. The molecule has 0 bridgehead atoms. The maximum atomic E-state index is 12.8. The molecule has 0 aliphatic heterocycles. The SMILES string of the molecule is O=C(F)C(F)(F)COC(F)(F)C(F)(F)COC(F)(F)C(F)F. The Bertz CT molecular complexity index is 395. The van der Waals surface area contributed by atoms with E-state index < -0.39 is 49.7 Å². The molecular formula is C8H5F11O3. The van der Waals surface area contributed by atoms with E-state index in [1.807, 2.05) is 0 Å². The summed E-state index contributed by atoms with van der Waals surface area (Å²) in [4.78, 5) is 9.63. The van der Waals surface area contributed by atoms with Crippen molar-refractivity contribution in [2.24, 2.45) is 0 Å². The molecule has 14 heteroatoms. The molecule has 0 rings (SSSR count). The molecule has 0 aromatic carbocycles. The van der Waals surface area contributed by atoms with Crippen molar-refractivity contribution < 1.29 is 62.6 Å². The van der Waals surface area contributed by atoms with Gasteiger partial charge in [-0.2, -0.15) is 39.5 Å². The monoisotopic (exact) mass is 358 g/mol. The van der Waals surface area contributed by atoms with Gasteiger partial charge in [0.1, 0.15) is 13.2 Å². The Kier molecular flexibility index (Phi) is 6.17. The number of hydrogen-bond acceptors (Lipinski definition) is 3. The molecule has 0 aliphatic carbocycles. The molecule has 22 heavy (non-hydrogen) atoms. The average Bonchev–Trinajstić information content (AvgIpc) is 2.34. The molecule has 0 saturated carbocycles. The minimum absolute atomic E-state index is 2.60. The number of carbonyl (C=O) groups is 1. The van der Waals surface area contributed by atoms with Gasteiger partial charge in [-0.1, -0.05) is 0 Å². The average molecular weight is 358 g/mol. The number of ether oxygens (including phenoxy) is 2. The molecule has 132 valence electrons. The molecule has 0 heterocycles. The first-order chi connectivity index (χ1) is 9.55. The van der Waals surface area contributed by atoms with E-state index in [1.54, 1.807) is 0 Å². The van der Waals surface area contributed by atoms with Crippen LogP contribution in [0.4, 0.5) is 48.3 Å². The fraction of sp³-hybridized carbons (Fsp3) is 0.875. The van der Waals surface area contributed by atoms with E-state index in [0.29, 0.717) is 0 Å². The Labute approximate surface area is 114 Å². The summed E-state index contributed by atoms with van der Waals surface area (Å²) in [6.07, 6.45) is -16.1. The highest BCUT2D eigenvalue weighted by atomic mass is 19.3. The topological polar surface area (TPSA) is 35.5 Å². The van der Waals surface area contributed by atoms with Crippen molar-refractivity contribution in [3.63, 3.8) is 0 Å². The van der Waals surface area contributed by atoms with Gasteiger partial charge in [0.15, 0.2) is 0 Å². The summed E-state index contributed by atoms with van der Waals surface area (Å²) in [5.74, 6) is -11.0. The van der Waals surface area contributed by atoms with Gasteiger partial charge >= 0.3 is 36.5 Å². The zero-order valence-electron chi connectivity index (χ0n) is 9.87. The molecule has 0 spiro atoms. The van der Waals surface area contributed by atoms with Crippen LogP contribution < -0.4 is 0 Å². The second-order valence-corrected chi connectivity index (χ2v) is 3.64. The third kappa shape index (κ3) is 5.23. The lowest BCUT2D eigenvalue weighted by Crippen LogP contribution is -2.50. The van der Waals surface area contributed by atoms with E-state index in [-0.39, 0.29) is 0 Å². The van der Waals surface area contributed by atoms with E-state index >= 15 is 0 Å². The summed E-state index contributed by atoms with van der Waals surface area (Å²) in [7, 11) is 0. The van der Waals surface area contributed by atoms with Crippen LogP contribution in [0.15, 0.2) is 0 Å². The van der Waals surface area contributed by atoms with Gasteiger partial charge < -0.3 is 9.47 Å². The van der Waals surface area contributed by atoms with Crippen molar-refractivity contribution in [2.75, 3.05) is 13.2 Å². The number of hydrogen-bond donors (Lipinski definition) is 0. The van der Waals surface area contributed by atoms with Crippen molar-refractivity contribution in [1.82, 2.24) is 0 Å². The molecule has 0 aromatic rings. The first kappa shape index (κ1) is 20.8. The third-order valence-corrected chi connectivity index (χ3v) is 1.85. The molecule has 0 amide bonds. The van der Waals surface area contributed by atoms with E-state index in [1.165, 1.54) is 0 Å². The second-order valence-electron chi connectivity index (χ2n) is 3.64. The summed E-state index contributed by atoms with van der Waals surface area (Å²) in [6.45, 7) is -5.89. The van der Waals surface area contributed by atoms with Crippen LogP contribution in [0.1, 0.15) is 0 Å². The summed E-state index contributed by atoms with van der Waals surface area (Å²) in [6, 6.07) is -3.48. The predicted octanol–water partition coefficient (Wildman–Crippen LogP) is 3.24. The quantitative estimate of drug-likeness (QED) is 0.469.